The molecule has 0 N–H and O–H groups in total. The van der Waals surface area contributed by atoms with Gasteiger partial charge in [-0.3, -0.25) is 0 Å². The lowest BCUT2D eigenvalue weighted by Crippen LogP contribution is -2.43. The maximum atomic E-state index is 7.12. The van der Waals surface area contributed by atoms with E-state index in [9.17, 15) is 0 Å². The van der Waals surface area contributed by atoms with Crippen LogP contribution in [0, 0.1) is 20.4 Å². The van der Waals surface area contributed by atoms with Gasteiger partial charge in [0.25, 0.3) is 0 Å². The smallest absolute Gasteiger partial charge is 0.382 e. The van der Waals surface area contributed by atoms with E-state index < -0.39 is 0 Å². The number of nitrogens with zero attached hydrogens (tertiary/aromatic N) is 5. The average molecular weight is 276 g/mol. The quantitative estimate of drug-likeness (QED) is 0.533. The van der Waals surface area contributed by atoms with Crippen LogP contribution in [0.25, 0.3) is 16.2 Å². The first-order chi connectivity index (χ1) is 10.2. The van der Waals surface area contributed by atoms with Crippen LogP contribution in [-0.2, 0) is 0 Å². The van der Waals surface area contributed by atoms with E-state index in [1.165, 1.54) is 11.1 Å². The molecule has 0 aliphatic rings. The molecule has 0 atom stereocenters. The predicted octanol–water partition coefficient (Wildman–Crippen LogP) is 2.71. The van der Waals surface area contributed by atoms with Gasteiger partial charge in [0.2, 0.25) is 0 Å². The van der Waals surface area contributed by atoms with E-state index in [4.69, 9.17) is 6.57 Å². The molecule has 0 aliphatic heterocycles. The number of tetrazole rings is 1. The highest BCUT2D eigenvalue weighted by Crippen LogP contribution is 2.10. The van der Waals surface area contributed by atoms with Crippen LogP contribution in [0.1, 0.15) is 11.1 Å². The minimum atomic E-state index is 0.121. The summed E-state index contributed by atoms with van der Waals surface area (Å²) in [6.07, 6.45) is 0. The lowest BCUT2D eigenvalue weighted by atomic mass is 10.2. The Morgan fingerprint density at radius 3 is 2.10 bits per heavy atom. The van der Waals surface area contributed by atoms with Crippen molar-refractivity contribution in [2.45, 2.75) is 13.8 Å². The van der Waals surface area contributed by atoms with Crippen LogP contribution in [0.3, 0.4) is 0 Å². The van der Waals surface area contributed by atoms with Crippen LogP contribution >= 0.6 is 0 Å². The van der Waals surface area contributed by atoms with Crippen LogP contribution < -0.4 is 4.80 Å². The summed E-state index contributed by atoms with van der Waals surface area (Å²) in [4.78, 5) is 6.60. The third kappa shape index (κ3) is 2.51. The summed E-state index contributed by atoms with van der Waals surface area (Å²) in [6, 6.07) is 15.9. The van der Waals surface area contributed by atoms with Crippen LogP contribution in [0.4, 0.5) is 5.95 Å². The molecule has 3 rings (SSSR count). The van der Waals surface area contributed by atoms with Gasteiger partial charge in [-0.15, -0.1) is 6.57 Å². The monoisotopic (exact) mass is 276 g/mol. The molecule has 0 bridgehead atoms. The molecule has 21 heavy (non-hydrogen) atoms. The molecule has 0 amide bonds. The molecule has 5 nitrogen and oxygen atoms in total. The van der Waals surface area contributed by atoms with Gasteiger partial charge in [0.1, 0.15) is 5.69 Å². The summed E-state index contributed by atoms with van der Waals surface area (Å²) < 4.78 is 0. The lowest BCUT2D eigenvalue weighted by molar-refractivity contribution is -0.734. The van der Waals surface area contributed by atoms with Crippen molar-refractivity contribution >= 4 is 5.95 Å². The summed E-state index contributed by atoms with van der Waals surface area (Å²) in [5.74, 6) is 0.121. The van der Waals surface area contributed by atoms with Gasteiger partial charge in [-0.05, 0) is 38.1 Å². The Labute approximate surface area is 122 Å². The Morgan fingerprint density at radius 2 is 1.52 bits per heavy atom. The Morgan fingerprint density at radius 1 is 0.952 bits per heavy atom. The van der Waals surface area contributed by atoms with Gasteiger partial charge in [0, 0.05) is 9.59 Å². The Balaban J connectivity index is 2.16. The van der Waals surface area contributed by atoms with Crippen molar-refractivity contribution in [3.8, 4) is 11.4 Å². The summed E-state index contributed by atoms with van der Waals surface area (Å²) in [5, 5.41) is 8.48. The minimum Gasteiger partial charge on any atom is -0.382 e. The standard InChI is InChI=1S/C16H14N5/c1-12-4-8-14(9-5-12)20-18-16(17-3)19-21(20)15-10-6-13(2)7-11-15/h4-11H,1-2H3/q+1. The minimum absolute atomic E-state index is 0.121. The zero-order valence-electron chi connectivity index (χ0n) is 11.9. The second kappa shape index (κ2) is 5.17. The molecule has 1 aromatic heterocycles. The maximum absolute atomic E-state index is 7.12. The van der Waals surface area contributed by atoms with E-state index in [-0.39, 0.29) is 5.95 Å². The van der Waals surface area contributed by atoms with Gasteiger partial charge in [-0.25, -0.2) is 0 Å². The SMILES string of the molecule is [C-]#[N+]c1nn(-c2ccc(C)cc2)[n+](-c2ccc(C)cc2)n1. The van der Waals surface area contributed by atoms with E-state index in [0.29, 0.717) is 0 Å². The summed E-state index contributed by atoms with van der Waals surface area (Å²) in [5.41, 5.74) is 4.07. The summed E-state index contributed by atoms with van der Waals surface area (Å²) in [7, 11) is 0. The zero-order valence-corrected chi connectivity index (χ0v) is 11.9. The molecule has 5 heteroatoms. The highest BCUT2D eigenvalue weighted by Gasteiger charge is 2.21. The van der Waals surface area contributed by atoms with E-state index in [2.05, 4.69) is 15.0 Å². The lowest BCUT2D eigenvalue weighted by Gasteiger charge is -1.99. The fraction of sp³-hybridized carbons (Fsp3) is 0.125. The number of aromatic nitrogens is 4. The molecule has 0 saturated heterocycles. The van der Waals surface area contributed by atoms with E-state index >= 15 is 0 Å². The summed E-state index contributed by atoms with van der Waals surface area (Å²) >= 11 is 0. The Kier molecular flexibility index (Phi) is 3.20. The third-order valence-corrected chi connectivity index (χ3v) is 3.18. The molecule has 0 fully saturated rings. The molecule has 1 heterocycles. The van der Waals surface area contributed by atoms with Gasteiger partial charge in [0.05, 0.1) is 10.2 Å². The highest BCUT2D eigenvalue weighted by atomic mass is 15.7. The van der Waals surface area contributed by atoms with E-state index in [0.717, 1.165) is 11.4 Å². The molecule has 0 unspecified atom stereocenters. The van der Waals surface area contributed by atoms with Gasteiger partial charge in [-0.1, -0.05) is 35.4 Å². The van der Waals surface area contributed by atoms with Crippen LogP contribution in [-0.4, -0.2) is 15.0 Å². The topological polar surface area (TPSA) is 39.0 Å². The number of benzene rings is 2. The number of rotatable bonds is 2. The molecule has 0 saturated carbocycles. The molecular formula is C16H14N5+. The van der Waals surface area contributed by atoms with Crippen molar-refractivity contribution in [2.75, 3.05) is 0 Å². The van der Waals surface area contributed by atoms with Crippen LogP contribution in [0.15, 0.2) is 48.5 Å². The van der Waals surface area contributed by atoms with Crippen LogP contribution in [0.2, 0.25) is 0 Å². The number of hydrogen-bond donors (Lipinski definition) is 0. The van der Waals surface area contributed by atoms with Crippen molar-refractivity contribution in [2.24, 2.45) is 0 Å². The molecule has 0 spiro atoms. The van der Waals surface area contributed by atoms with Gasteiger partial charge in [0.15, 0.2) is 5.69 Å². The Bertz CT molecular complexity index is 744. The van der Waals surface area contributed by atoms with Gasteiger partial charge >= 0.3 is 5.95 Å². The van der Waals surface area contributed by atoms with Crippen molar-refractivity contribution in [3.05, 3.63) is 71.1 Å². The highest BCUT2D eigenvalue weighted by molar-refractivity contribution is 5.33. The second-order valence-electron chi connectivity index (χ2n) is 4.86. The average Bonchev–Trinajstić information content (AvgIpc) is 2.93. The van der Waals surface area contributed by atoms with Gasteiger partial charge in [-0.2, -0.15) is 0 Å². The molecular weight excluding hydrogens is 262 g/mol. The van der Waals surface area contributed by atoms with Gasteiger partial charge < -0.3 is 4.85 Å². The largest absolute Gasteiger partial charge is 0.475 e. The first-order valence-electron chi connectivity index (χ1n) is 6.58. The van der Waals surface area contributed by atoms with Crippen LogP contribution in [0.5, 0.6) is 0 Å². The normalized spacial score (nSPS) is 10.3. The molecule has 0 aliphatic carbocycles. The summed E-state index contributed by atoms with van der Waals surface area (Å²) in [6.45, 7) is 11.2. The first-order valence-corrected chi connectivity index (χ1v) is 6.58. The van der Waals surface area contributed by atoms with E-state index in [1.807, 2.05) is 62.4 Å². The van der Waals surface area contributed by atoms with Crippen molar-refractivity contribution in [1.82, 2.24) is 15.0 Å². The fourth-order valence-electron chi connectivity index (χ4n) is 2.01. The van der Waals surface area contributed by atoms with E-state index in [1.54, 1.807) is 9.59 Å². The molecule has 3 aromatic rings. The fourth-order valence-corrected chi connectivity index (χ4v) is 2.01. The van der Waals surface area contributed by atoms with Crippen molar-refractivity contribution in [1.29, 1.82) is 0 Å². The third-order valence-electron chi connectivity index (χ3n) is 3.18. The second-order valence-corrected chi connectivity index (χ2v) is 4.86. The van der Waals surface area contributed by atoms with Crippen molar-refractivity contribution in [3.63, 3.8) is 0 Å². The number of aryl methyl sites for hydroxylation is 2. The van der Waals surface area contributed by atoms with Crippen molar-refractivity contribution < 1.29 is 4.80 Å². The maximum Gasteiger partial charge on any atom is 0.475 e. The molecule has 2 aromatic carbocycles. The first kappa shape index (κ1) is 13.0. The molecule has 0 radical (unpaired) electrons. The Hall–Kier alpha value is -3.00. The predicted molar refractivity (Wildman–Crippen MR) is 78.6 cm³/mol. The molecule has 102 valence electrons. The number of hydrogen-bond acceptors (Lipinski definition) is 2. The zero-order chi connectivity index (χ0) is 14.8.